The van der Waals surface area contributed by atoms with E-state index in [0.29, 0.717) is 19.1 Å². The van der Waals surface area contributed by atoms with E-state index in [0.717, 1.165) is 5.56 Å². The molecule has 0 aliphatic rings. The van der Waals surface area contributed by atoms with Crippen molar-refractivity contribution in [3.8, 4) is 0 Å². The molecule has 1 unspecified atom stereocenters. The number of hydrogen-bond acceptors (Lipinski definition) is 2. The number of benzene rings is 1. The number of nitrogens with zero attached hydrogens (tertiary/aromatic N) is 1. The summed E-state index contributed by atoms with van der Waals surface area (Å²) < 4.78 is 4.99. The van der Waals surface area contributed by atoms with Gasteiger partial charge < -0.3 is 15.8 Å². The number of nitrogens with two attached hydrogens (primary N) is 1. The fourth-order valence-corrected chi connectivity index (χ4v) is 1.35. The van der Waals surface area contributed by atoms with E-state index < -0.39 is 0 Å². The van der Waals surface area contributed by atoms with Crippen molar-refractivity contribution < 1.29 is 4.74 Å². The number of nitrogens with one attached hydrogen (secondary N) is 1. The van der Waals surface area contributed by atoms with Crippen LogP contribution in [0.3, 0.4) is 0 Å². The minimum atomic E-state index is 0.171. The van der Waals surface area contributed by atoms with Crippen molar-refractivity contribution in [2.75, 3.05) is 13.7 Å². The summed E-state index contributed by atoms with van der Waals surface area (Å²) >= 11 is 0. The van der Waals surface area contributed by atoms with E-state index in [1.807, 2.05) is 37.3 Å². The molecule has 0 aliphatic heterocycles. The lowest BCUT2D eigenvalue weighted by molar-refractivity contribution is 0.179. The quantitative estimate of drug-likeness (QED) is 0.578. The lowest BCUT2D eigenvalue weighted by Crippen LogP contribution is -2.40. The summed E-state index contributed by atoms with van der Waals surface area (Å²) in [6, 6.07) is 10.2. The summed E-state index contributed by atoms with van der Waals surface area (Å²) in [5.74, 6) is 0.452. The first kappa shape index (κ1) is 12.5. The molecule has 0 heterocycles. The second kappa shape index (κ2) is 6.85. The topological polar surface area (TPSA) is 59.6 Å². The predicted molar refractivity (Wildman–Crippen MR) is 66.2 cm³/mol. The molecule has 0 saturated heterocycles. The highest BCUT2D eigenvalue weighted by Crippen LogP contribution is 1.99. The predicted octanol–water partition coefficient (Wildman–Crippen LogP) is 1.13. The maximum atomic E-state index is 5.74. The molecule has 1 atom stereocenters. The molecule has 16 heavy (non-hydrogen) atoms. The molecule has 1 aromatic rings. The zero-order valence-corrected chi connectivity index (χ0v) is 9.81. The zero-order valence-electron chi connectivity index (χ0n) is 9.81. The molecule has 0 spiro atoms. The van der Waals surface area contributed by atoms with Crippen LogP contribution in [0, 0.1) is 0 Å². The van der Waals surface area contributed by atoms with Crippen LogP contribution in [0.4, 0.5) is 0 Å². The minimum Gasteiger partial charge on any atom is -0.383 e. The Morgan fingerprint density at radius 3 is 2.75 bits per heavy atom. The Kier molecular flexibility index (Phi) is 5.36. The van der Waals surface area contributed by atoms with Gasteiger partial charge in [-0.05, 0) is 12.5 Å². The smallest absolute Gasteiger partial charge is 0.189 e. The molecule has 0 amide bonds. The van der Waals surface area contributed by atoms with Crippen molar-refractivity contribution in [1.82, 2.24) is 5.32 Å². The third-order valence-electron chi connectivity index (χ3n) is 2.09. The molecule has 0 radical (unpaired) electrons. The molecule has 0 aliphatic carbocycles. The molecule has 4 heteroatoms. The molecule has 0 bridgehead atoms. The first-order valence-electron chi connectivity index (χ1n) is 5.31. The second-order valence-corrected chi connectivity index (χ2v) is 3.69. The van der Waals surface area contributed by atoms with Gasteiger partial charge in [-0.1, -0.05) is 30.3 Å². The van der Waals surface area contributed by atoms with Gasteiger partial charge in [-0.2, -0.15) is 0 Å². The molecular formula is C12H19N3O. The van der Waals surface area contributed by atoms with E-state index in [-0.39, 0.29) is 6.04 Å². The Morgan fingerprint density at radius 1 is 1.44 bits per heavy atom. The number of ether oxygens (including phenoxy) is 1. The maximum Gasteiger partial charge on any atom is 0.189 e. The van der Waals surface area contributed by atoms with Crippen LogP contribution >= 0.6 is 0 Å². The third-order valence-corrected chi connectivity index (χ3v) is 2.09. The van der Waals surface area contributed by atoms with E-state index >= 15 is 0 Å². The van der Waals surface area contributed by atoms with Crippen LogP contribution in [-0.4, -0.2) is 25.7 Å². The first-order chi connectivity index (χ1) is 7.72. The third kappa shape index (κ3) is 4.79. The van der Waals surface area contributed by atoms with E-state index in [2.05, 4.69) is 10.3 Å². The van der Waals surface area contributed by atoms with Gasteiger partial charge in [-0.3, -0.25) is 0 Å². The van der Waals surface area contributed by atoms with Crippen LogP contribution in [0.2, 0.25) is 0 Å². The molecular weight excluding hydrogens is 202 g/mol. The molecule has 4 nitrogen and oxygen atoms in total. The average Bonchev–Trinajstić information content (AvgIpc) is 2.28. The van der Waals surface area contributed by atoms with Crippen molar-refractivity contribution >= 4 is 5.96 Å². The monoisotopic (exact) mass is 221 g/mol. The molecule has 1 aromatic carbocycles. The van der Waals surface area contributed by atoms with Gasteiger partial charge in [0.2, 0.25) is 0 Å². The number of aliphatic imine (C=N–C) groups is 1. The highest BCUT2D eigenvalue weighted by molar-refractivity contribution is 5.78. The summed E-state index contributed by atoms with van der Waals surface area (Å²) in [6.45, 7) is 3.20. The van der Waals surface area contributed by atoms with Gasteiger partial charge in [-0.25, -0.2) is 4.99 Å². The van der Waals surface area contributed by atoms with E-state index in [9.17, 15) is 0 Å². The van der Waals surface area contributed by atoms with Gasteiger partial charge in [0.25, 0.3) is 0 Å². The summed E-state index contributed by atoms with van der Waals surface area (Å²) in [5.41, 5.74) is 6.88. The van der Waals surface area contributed by atoms with E-state index in [1.165, 1.54) is 0 Å². The van der Waals surface area contributed by atoms with Crippen molar-refractivity contribution in [2.45, 2.75) is 19.5 Å². The van der Waals surface area contributed by atoms with Crippen LogP contribution in [0.15, 0.2) is 35.3 Å². The lowest BCUT2D eigenvalue weighted by Gasteiger charge is -2.12. The van der Waals surface area contributed by atoms with Crippen molar-refractivity contribution in [3.05, 3.63) is 35.9 Å². The van der Waals surface area contributed by atoms with Gasteiger partial charge in [0.1, 0.15) is 0 Å². The van der Waals surface area contributed by atoms with Crippen LogP contribution in [0.1, 0.15) is 12.5 Å². The Bertz CT molecular complexity index is 324. The van der Waals surface area contributed by atoms with Crippen LogP contribution in [0.5, 0.6) is 0 Å². The number of hydrogen-bond donors (Lipinski definition) is 2. The highest BCUT2D eigenvalue weighted by Gasteiger charge is 2.00. The summed E-state index contributed by atoms with van der Waals surface area (Å²) in [7, 11) is 1.66. The molecule has 0 aromatic heterocycles. The van der Waals surface area contributed by atoms with Gasteiger partial charge >= 0.3 is 0 Å². The van der Waals surface area contributed by atoms with Crippen LogP contribution in [0.25, 0.3) is 0 Å². The molecule has 3 N–H and O–H groups in total. The standard InChI is InChI=1S/C12H19N3O/c1-10(9-16-2)15-12(13)14-8-11-6-4-3-5-7-11/h3-7,10H,8-9H2,1-2H3,(H3,13,14,15). The summed E-state index contributed by atoms with van der Waals surface area (Å²) in [4.78, 5) is 4.24. The van der Waals surface area contributed by atoms with Crippen LogP contribution in [-0.2, 0) is 11.3 Å². The number of methoxy groups -OCH3 is 1. The Hall–Kier alpha value is -1.55. The van der Waals surface area contributed by atoms with Crippen LogP contribution < -0.4 is 11.1 Å². The fraction of sp³-hybridized carbons (Fsp3) is 0.417. The average molecular weight is 221 g/mol. The second-order valence-electron chi connectivity index (χ2n) is 3.69. The first-order valence-corrected chi connectivity index (χ1v) is 5.31. The number of guanidine groups is 1. The Balaban J connectivity index is 2.39. The Morgan fingerprint density at radius 2 is 2.12 bits per heavy atom. The normalized spacial score (nSPS) is 13.5. The maximum absolute atomic E-state index is 5.74. The molecule has 1 rings (SSSR count). The zero-order chi connectivity index (χ0) is 11.8. The lowest BCUT2D eigenvalue weighted by atomic mass is 10.2. The largest absolute Gasteiger partial charge is 0.383 e. The van der Waals surface area contributed by atoms with Crippen molar-refractivity contribution in [3.63, 3.8) is 0 Å². The van der Waals surface area contributed by atoms with Gasteiger partial charge in [0.15, 0.2) is 5.96 Å². The SMILES string of the molecule is COCC(C)NC(N)=NCc1ccccc1. The summed E-state index contributed by atoms with van der Waals surface area (Å²) in [5, 5.41) is 3.05. The fourth-order valence-electron chi connectivity index (χ4n) is 1.35. The Labute approximate surface area is 96.5 Å². The van der Waals surface area contributed by atoms with Gasteiger partial charge in [0.05, 0.1) is 13.2 Å². The van der Waals surface area contributed by atoms with Crippen molar-refractivity contribution in [2.24, 2.45) is 10.7 Å². The highest BCUT2D eigenvalue weighted by atomic mass is 16.5. The molecule has 0 fully saturated rings. The molecule has 0 saturated carbocycles. The van der Waals surface area contributed by atoms with Gasteiger partial charge in [0, 0.05) is 13.2 Å². The summed E-state index contributed by atoms with van der Waals surface area (Å²) in [6.07, 6.45) is 0. The van der Waals surface area contributed by atoms with Crippen molar-refractivity contribution in [1.29, 1.82) is 0 Å². The molecule has 88 valence electrons. The van der Waals surface area contributed by atoms with E-state index in [1.54, 1.807) is 7.11 Å². The van der Waals surface area contributed by atoms with Gasteiger partial charge in [-0.15, -0.1) is 0 Å². The van der Waals surface area contributed by atoms with E-state index in [4.69, 9.17) is 10.5 Å². The minimum absolute atomic E-state index is 0.171. The number of rotatable bonds is 5.